The van der Waals surface area contributed by atoms with Crippen LogP contribution in [0.2, 0.25) is 0 Å². The quantitative estimate of drug-likeness (QED) is 0.107. The van der Waals surface area contributed by atoms with Gasteiger partial charge >= 0.3 is 0 Å². The fourth-order valence-corrected chi connectivity index (χ4v) is 17.3. The highest BCUT2D eigenvalue weighted by molar-refractivity contribution is 6.04. The molecule has 2 aromatic rings. The smallest absolute Gasteiger partial charge is 0.209 e. The van der Waals surface area contributed by atoms with Gasteiger partial charge in [-0.2, -0.15) is 4.58 Å². The van der Waals surface area contributed by atoms with Crippen molar-refractivity contribution in [3.05, 3.63) is 83.6 Å². The molecule has 0 unspecified atom stereocenters. The number of benzene rings is 2. The average molecular weight is 1060 g/mol. The number of quaternary nitrogens is 6. The third-order valence-corrected chi connectivity index (χ3v) is 23.6. The lowest BCUT2D eigenvalue weighted by molar-refractivity contribution is -0.915. The van der Waals surface area contributed by atoms with Gasteiger partial charge in [0.1, 0.15) is 6.54 Å². The molecule has 0 aliphatic carbocycles. The molecule has 0 N–H and O–H groups in total. The fraction of sp³-hybridized carbons (Fsp3) is 0.754. The van der Waals surface area contributed by atoms with Gasteiger partial charge in [0.05, 0.1) is 168 Å². The van der Waals surface area contributed by atoms with Crippen molar-refractivity contribution in [1.29, 1.82) is 0 Å². The molecule has 426 valence electrons. The largest absolute Gasteiger partial charge is 0.344 e. The Morgan fingerprint density at radius 3 is 1.35 bits per heavy atom. The SMILES string of the molecule is C[N+]1(C)CCC(CCCN2C(=CC=CC3=[N+](CCCC4CC[N+](C)(C)CC4)c4ccccc4C34CC[N+](C)(CCCC3CC[N+](C)(C)CC3)CC4)C3(CC[N+](C)(CCCC4CC[N+](C)(C)CC4)CC3)c3ccccc32)CC1. The van der Waals surface area contributed by atoms with Crippen LogP contribution < -0.4 is 4.90 Å². The van der Waals surface area contributed by atoms with Gasteiger partial charge in [-0.15, -0.1) is 0 Å². The van der Waals surface area contributed by atoms with Gasteiger partial charge in [0, 0.05) is 73.2 Å². The second-order valence-electron chi connectivity index (χ2n) is 31.3. The molecule has 0 radical (unpaired) electrons. The maximum atomic E-state index is 2.88. The van der Waals surface area contributed by atoms with Crippen LogP contribution in [0.25, 0.3) is 0 Å². The molecule has 6 saturated heterocycles. The minimum absolute atomic E-state index is 0.0724. The fourth-order valence-electron chi connectivity index (χ4n) is 17.3. The first-order valence-electron chi connectivity index (χ1n) is 32.6. The molecule has 0 bridgehead atoms. The summed E-state index contributed by atoms with van der Waals surface area (Å²) in [5.41, 5.74) is 9.68. The number of nitrogens with zero attached hydrogens (tertiary/aromatic N) is 8. The Balaban J connectivity index is 0.931. The molecule has 6 fully saturated rings. The van der Waals surface area contributed by atoms with E-state index in [4.69, 9.17) is 0 Å². The van der Waals surface area contributed by atoms with Gasteiger partial charge in [-0.3, -0.25) is 0 Å². The van der Waals surface area contributed by atoms with Crippen molar-refractivity contribution in [2.45, 2.75) is 139 Å². The maximum Gasteiger partial charge on any atom is 0.209 e. The highest BCUT2D eigenvalue weighted by Crippen LogP contribution is 2.55. The van der Waals surface area contributed by atoms with E-state index in [1.807, 2.05) is 0 Å². The Morgan fingerprint density at radius 1 is 0.468 bits per heavy atom. The zero-order valence-electron chi connectivity index (χ0n) is 51.7. The van der Waals surface area contributed by atoms with Gasteiger partial charge in [0.15, 0.2) is 5.71 Å². The summed E-state index contributed by atoms with van der Waals surface area (Å²) in [5, 5.41) is 0. The third-order valence-electron chi connectivity index (χ3n) is 23.6. The van der Waals surface area contributed by atoms with Crippen LogP contribution in [-0.2, 0) is 10.8 Å². The summed E-state index contributed by atoms with van der Waals surface area (Å²) in [5.74, 6) is 3.62. The number of hydrogen-bond donors (Lipinski definition) is 0. The van der Waals surface area contributed by atoms with Crippen molar-refractivity contribution < 1.29 is 31.5 Å². The van der Waals surface area contributed by atoms with E-state index in [0.29, 0.717) is 0 Å². The van der Waals surface area contributed by atoms with Crippen LogP contribution in [-0.4, -0.2) is 212 Å². The van der Waals surface area contributed by atoms with Crippen LogP contribution in [0.15, 0.2) is 72.5 Å². The van der Waals surface area contributed by atoms with Crippen molar-refractivity contribution >= 4 is 17.1 Å². The first kappa shape index (κ1) is 57.4. The predicted octanol–water partition coefficient (Wildman–Crippen LogP) is 11.8. The van der Waals surface area contributed by atoms with Crippen LogP contribution in [0.5, 0.6) is 0 Å². The Hall–Kier alpha value is -2.85. The minimum Gasteiger partial charge on any atom is -0.344 e. The first-order valence-corrected chi connectivity index (χ1v) is 32.6. The molecule has 8 aliphatic rings. The van der Waals surface area contributed by atoms with Crippen LogP contribution in [0.4, 0.5) is 11.4 Å². The van der Waals surface area contributed by atoms with Gasteiger partial charge in [-0.1, -0.05) is 42.5 Å². The van der Waals surface area contributed by atoms with Crippen LogP contribution in [0, 0.1) is 23.7 Å². The number of fused-ring (bicyclic) bond motifs is 4. The van der Waals surface area contributed by atoms with Gasteiger partial charge in [0.25, 0.3) is 0 Å². The van der Waals surface area contributed by atoms with E-state index in [2.05, 4.69) is 147 Å². The van der Waals surface area contributed by atoms with E-state index in [1.54, 1.807) is 22.5 Å². The molecular formula is C69H117N8+7. The van der Waals surface area contributed by atoms with Gasteiger partial charge in [-0.25, -0.2) is 0 Å². The Bertz CT molecular complexity index is 2360. The van der Waals surface area contributed by atoms with E-state index in [9.17, 15) is 0 Å². The summed E-state index contributed by atoms with van der Waals surface area (Å²) < 4.78 is 10.2. The maximum absolute atomic E-state index is 2.88. The lowest BCUT2D eigenvalue weighted by Gasteiger charge is -2.46. The van der Waals surface area contributed by atoms with Crippen molar-refractivity contribution in [2.75, 3.05) is 180 Å². The molecule has 0 aromatic heterocycles. The number of hydrogen-bond acceptors (Lipinski definition) is 1. The number of para-hydroxylation sites is 2. The van der Waals surface area contributed by atoms with Crippen molar-refractivity contribution in [2.24, 2.45) is 23.7 Å². The standard InChI is InChI=1S/C69H117N8/c1-72(2)46-30-58(31-47-72)20-16-42-70-64-26-13-11-24-62(64)68(38-54-76(9,55-39-68)44-18-22-60-34-50-74(5,6)51-35-60)66(70)28-15-29-67-69(40-56-77(10,57-41-69)45-19-23-61-36-52-75(7,8)53-37-61)63-25-12-14-27-65(63)71(67)43-17-21-59-32-48-73(3,4)49-33-59/h11-15,24-29,58-61H,16-23,30-57H2,1-10H3/q+7. The van der Waals surface area contributed by atoms with E-state index >= 15 is 0 Å². The number of likely N-dealkylation sites (tertiary alicyclic amines) is 6. The zero-order chi connectivity index (χ0) is 54.2. The topological polar surface area (TPSA) is 6.25 Å². The lowest BCUT2D eigenvalue weighted by Crippen LogP contribution is -2.56. The third kappa shape index (κ3) is 13.3. The highest BCUT2D eigenvalue weighted by Gasteiger charge is 2.56. The summed E-state index contributed by atoms with van der Waals surface area (Å²) in [6.45, 7) is 20.9. The number of allylic oxidation sites excluding steroid dienone is 4. The van der Waals surface area contributed by atoms with Crippen molar-refractivity contribution in [3.63, 3.8) is 0 Å². The number of rotatable bonds is 18. The highest BCUT2D eigenvalue weighted by atomic mass is 15.4. The summed E-state index contributed by atoms with van der Waals surface area (Å²) in [4.78, 5) is 2.88. The molecule has 0 amide bonds. The number of piperidine rings is 6. The van der Waals surface area contributed by atoms with Gasteiger partial charge in [0.2, 0.25) is 5.69 Å². The minimum atomic E-state index is 0.0724. The summed E-state index contributed by atoms with van der Waals surface area (Å²) >= 11 is 0. The zero-order valence-corrected chi connectivity index (χ0v) is 51.7. The van der Waals surface area contributed by atoms with Crippen LogP contribution >= 0.6 is 0 Å². The molecule has 8 heteroatoms. The summed E-state index contributed by atoms with van der Waals surface area (Å²) in [7, 11) is 24.8. The predicted molar refractivity (Wildman–Crippen MR) is 326 cm³/mol. The normalized spacial score (nSPS) is 27.2. The lowest BCUT2D eigenvalue weighted by atomic mass is 9.69. The molecule has 77 heavy (non-hydrogen) atoms. The van der Waals surface area contributed by atoms with Crippen molar-refractivity contribution in [3.8, 4) is 0 Å². The van der Waals surface area contributed by atoms with Gasteiger partial charge in [-0.05, 0) is 138 Å². The Morgan fingerprint density at radius 2 is 0.870 bits per heavy atom. The van der Waals surface area contributed by atoms with Crippen LogP contribution in [0.1, 0.15) is 140 Å². The summed E-state index contributed by atoms with van der Waals surface area (Å²) in [6.07, 6.45) is 35.2. The van der Waals surface area contributed by atoms with E-state index < -0.39 is 0 Å². The van der Waals surface area contributed by atoms with Gasteiger partial charge < -0.3 is 31.8 Å². The molecule has 0 saturated carbocycles. The summed E-state index contributed by atoms with van der Waals surface area (Å²) in [6, 6.07) is 19.6. The van der Waals surface area contributed by atoms with Crippen molar-refractivity contribution in [1.82, 2.24) is 0 Å². The average Bonchev–Trinajstić information content (AvgIpc) is 4.00. The molecule has 8 nitrogen and oxygen atoms in total. The molecule has 2 aromatic carbocycles. The Kier molecular flexibility index (Phi) is 17.3. The second kappa shape index (κ2) is 23.2. The molecule has 0 atom stereocenters. The second-order valence-corrected chi connectivity index (χ2v) is 31.3. The Labute approximate surface area is 473 Å². The molecule has 8 aliphatic heterocycles. The molecule has 10 rings (SSSR count). The molecule has 8 heterocycles. The monoisotopic (exact) mass is 1060 g/mol. The van der Waals surface area contributed by atoms with Crippen LogP contribution in [0.3, 0.4) is 0 Å². The first-order chi connectivity index (χ1) is 36.7. The number of anilines is 1. The van der Waals surface area contributed by atoms with E-state index in [-0.39, 0.29) is 10.8 Å². The molecular weight excluding hydrogens is 941 g/mol. The molecule has 2 spiro atoms. The van der Waals surface area contributed by atoms with E-state index in [0.717, 1.165) is 36.8 Å². The van der Waals surface area contributed by atoms with E-state index in [1.165, 1.54) is 258 Å².